The highest BCUT2D eigenvalue weighted by Gasteiger charge is 2.27. The van der Waals surface area contributed by atoms with Crippen molar-refractivity contribution in [1.29, 1.82) is 0 Å². The number of hydrogen-bond donors (Lipinski definition) is 0. The molecule has 0 spiro atoms. The Morgan fingerprint density at radius 3 is 2.50 bits per heavy atom. The van der Waals surface area contributed by atoms with Gasteiger partial charge in [-0.3, -0.25) is 9.69 Å². The molecule has 1 aliphatic rings. The third-order valence-electron chi connectivity index (χ3n) is 4.40. The van der Waals surface area contributed by atoms with Crippen molar-refractivity contribution in [3.8, 4) is 0 Å². The molecule has 1 fully saturated rings. The Balaban J connectivity index is 1.58. The Labute approximate surface area is 140 Å². The molecule has 24 heavy (non-hydrogen) atoms. The van der Waals surface area contributed by atoms with Gasteiger partial charge in [-0.25, -0.2) is 4.39 Å². The van der Waals surface area contributed by atoms with Crippen LogP contribution < -0.4 is 0 Å². The standard InChI is InChI=1S/C17H21FN4O2/c1-3-15-19-16(24-20-15)12(2)21-8-10-22(11-9-21)17(23)13-4-6-14(18)7-5-13/h4-7,12H,3,8-11H2,1-2H3/t12-/m0/s1. The van der Waals surface area contributed by atoms with Gasteiger partial charge in [0, 0.05) is 38.2 Å². The summed E-state index contributed by atoms with van der Waals surface area (Å²) in [5.74, 6) is 0.927. The number of aromatic nitrogens is 2. The number of hydrogen-bond acceptors (Lipinski definition) is 5. The molecule has 1 aliphatic heterocycles. The van der Waals surface area contributed by atoms with E-state index < -0.39 is 0 Å². The van der Waals surface area contributed by atoms with Crippen molar-refractivity contribution < 1.29 is 13.7 Å². The van der Waals surface area contributed by atoms with Crippen LogP contribution in [0.15, 0.2) is 28.8 Å². The molecular weight excluding hydrogens is 311 g/mol. The number of piperazine rings is 1. The largest absolute Gasteiger partial charge is 0.338 e. The highest BCUT2D eigenvalue weighted by Crippen LogP contribution is 2.21. The second kappa shape index (κ2) is 7.09. The van der Waals surface area contributed by atoms with Crippen molar-refractivity contribution in [2.24, 2.45) is 0 Å². The summed E-state index contributed by atoms with van der Waals surface area (Å²) in [6.45, 7) is 6.73. The van der Waals surface area contributed by atoms with Gasteiger partial charge in [0.1, 0.15) is 5.82 Å². The second-order valence-corrected chi connectivity index (χ2v) is 5.91. The van der Waals surface area contributed by atoms with E-state index in [9.17, 15) is 9.18 Å². The number of aryl methyl sites for hydroxylation is 1. The molecule has 2 heterocycles. The first-order valence-electron chi connectivity index (χ1n) is 8.20. The maximum absolute atomic E-state index is 13.0. The molecule has 1 aromatic heterocycles. The van der Waals surface area contributed by atoms with Gasteiger partial charge in [-0.2, -0.15) is 4.98 Å². The number of carbonyl (C=O) groups excluding carboxylic acids is 1. The molecule has 0 saturated carbocycles. The fourth-order valence-corrected chi connectivity index (χ4v) is 2.82. The van der Waals surface area contributed by atoms with Crippen LogP contribution in [-0.2, 0) is 6.42 Å². The number of benzene rings is 1. The molecule has 0 bridgehead atoms. The molecule has 6 nitrogen and oxygen atoms in total. The Kier molecular flexibility index (Phi) is 4.89. The molecule has 0 unspecified atom stereocenters. The first-order chi connectivity index (χ1) is 11.6. The van der Waals surface area contributed by atoms with Gasteiger partial charge in [-0.1, -0.05) is 12.1 Å². The van der Waals surface area contributed by atoms with Crippen LogP contribution in [0.2, 0.25) is 0 Å². The highest BCUT2D eigenvalue weighted by atomic mass is 19.1. The summed E-state index contributed by atoms with van der Waals surface area (Å²) < 4.78 is 18.3. The van der Waals surface area contributed by atoms with Crippen LogP contribution in [-0.4, -0.2) is 52.0 Å². The van der Waals surface area contributed by atoms with Gasteiger partial charge < -0.3 is 9.42 Å². The first-order valence-corrected chi connectivity index (χ1v) is 8.20. The maximum Gasteiger partial charge on any atom is 0.253 e. The van der Waals surface area contributed by atoms with Gasteiger partial charge in [0.15, 0.2) is 5.82 Å². The first kappa shape index (κ1) is 16.6. The monoisotopic (exact) mass is 332 g/mol. The Bertz CT molecular complexity index is 693. The number of rotatable bonds is 4. The van der Waals surface area contributed by atoms with E-state index in [0.29, 0.717) is 30.4 Å². The lowest BCUT2D eigenvalue weighted by molar-refractivity contribution is 0.0551. The summed E-state index contributed by atoms with van der Waals surface area (Å²) in [6, 6.07) is 5.70. The van der Waals surface area contributed by atoms with Crippen molar-refractivity contribution in [1.82, 2.24) is 19.9 Å². The van der Waals surface area contributed by atoms with Gasteiger partial charge in [0.2, 0.25) is 5.89 Å². The molecule has 128 valence electrons. The van der Waals surface area contributed by atoms with E-state index in [-0.39, 0.29) is 17.8 Å². The topological polar surface area (TPSA) is 62.5 Å². The van der Waals surface area contributed by atoms with E-state index in [0.717, 1.165) is 19.5 Å². The predicted octanol–water partition coefficient (Wildman–Crippen LogP) is 2.29. The minimum Gasteiger partial charge on any atom is -0.338 e. The van der Waals surface area contributed by atoms with Gasteiger partial charge in [-0.05, 0) is 31.2 Å². The summed E-state index contributed by atoms with van der Waals surface area (Å²) in [4.78, 5) is 20.8. The SMILES string of the molecule is CCc1noc([C@H](C)N2CCN(C(=O)c3ccc(F)cc3)CC2)n1. The molecule has 1 atom stereocenters. The smallest absolute Gasteiger partial charge is 0.253 e. The zero-order valence-electron chi connectivity index (χ0n) is 13.9. The highest BCUT2D eigenvalue weighted by molar-refractivity contribution is 5.94. The second-order valence-electron chi connectivity index (χ2n) is 5.91. The van der Waals surface area contributed by atoms with Crippen LogP contribution in [0.25, 0.3) is 0 Å². The zero-order chi connectivity index (χ0) is 17.1. The van der Waals surface area contributed by atoms with Crippen molar-refractivity contribution in [2.75, 3.05) is 26.2 Å². The Morgan fingerprint density at radius 2 is 1.92 bits per heavy atom. The molecule has 2 aromatic rings. The molecule has 1 amide bonds. The molecule has 1 saturated heterocycles. The fourth-order valence-electron chi connectivity index (χ4n) is 2.82. The van der Waals surface area contributed by atoms with Gasteiger partial charge in [0.05, 0.1) is 6.04 Å². The third-order valence-corrected chi connectivity index (χ3v) is 4.40. The maximum atomic E-state index is 13.0. The lowest BCUT2D eigenvalue weighted by Gasteiger charge is -2.36. The molecule has 0 N–H and O–H groups in total. The van der Waals surface area contributed by atoms with Crippen molar-refractivity contribution in [3.05, 3.63) is 47.4 Å². The summed E-state index contributed by atoms with van der Waals surface area (Å²) in [6.07, 6.45) is 0.746. The normalized spacial score (nSPS) is 17.0. The van der Waals surface area contributed by atoms with E-state index in [4.69, 9.17) is 4.52 Å². The summed E-state index contributed by atoms with van der Waals surface area (Å²) in [7, 11) is 0. The van der Waals surface area contributed by atoms with Gasteiger partial charge in [-0.15, -0.1) is 0 Å². The average molecular weight is 332 g/mol. The summed E-state index contributed by atoms with van der Waals surface area (Å²) in [5.41, 5.74) is 0.516. The molecule has 1 aromatic carbocycles. The Hall–Kier alpha value is -2.28. The van der Waals surface area contributed by atoms with Crippen molar-refractivity contribution >= 4 is 5.91 Å². The minimum absolute atomic E-state index is 0.0286. The minimum atomic E-state index is -0.337. The summed E-state index contributed by atoms with van der Waals surface area (Å²) in [5, 5.41) is 3.93. The van der Waals surface area contributed by atoms with Gasteiger partial charge in [0.25, 0.3) is 5.91 Å². The van der Waals surface area contributed by atoms with E-state index >= 15 is 0 Å². The van der Waals surface area contributed by atoms with Crippen LogP contribution in [0.4, 0.5) is 4.39 Å². The number of halogens is 1. The summed E-state index contributed by atoms with van der Waals surface area (Å²) >= 11 is 0. The average Bonchev–Trinajstić information content (AvgIpc) is 3.10. The van der Waals surface area contributed by atoms with E-state index in [1.165, 1.54) is 24.3 Å². The lowest BCUT2D eigenvalue weighted by atomic mass is 10.1. The van der Waals surface area contributed by atoms with E-state index in [1.807, 2.05) is 13.8 Å². The van der Waals surface area contributed by atoms with Crippen LogP contribution in [0.1, 0.15) is 42.0 Å². The number of carbonyl (C=O) groups is 1. The molecular formula is C17H21FN4O2. The molecule has 0 aliphatic carbocycles. The van der Waals surface area contributed by atoms with Crippen LogP contribution in [0, 0.1) is 5.82 Å². The van der Waals surface area contributed by atoms with Crippen LogP contribution in [0.5, 0.6) is 0 Å². The zero-order valence-corrected chi connectivity index (χ0v) is 13.9. The van der Waals surface area contributed by atoms with E-state index in [2.05, 4.69) is 15.0 Å². The van der Waals surface area contributed by atoms with Crippen LogP contribution in [0.3, 0.4) is 0 Å². The molecule has 0 radical (unpaired) electrons. The quantitative estimate of drug-likeness (QED) is 0.860. The van der Waals surface area contributed by atoms with Gasteiger partial charge >= 0.3 is 0 Å². The number of amides is 1. The van der Waals surface area contributed by atoms with E-state index in [1.54, 1.807) is 4.90 Å². The lowest BCUT2D eigenvalue weighted by Crippen LogP contribution is -2.49. The fraction of sp³-hybridized carbons (Fsp3) is 0.471. The van der Waals surface area contributed by atoms with Crippen LogP contribution >= 0.6 is 0 Å². The number of nitrogens with zero attached hydrogens (tertiary/aromatic N) is 4. The molecule has 7 heteroatoms. The Morgan fingerprint density at radius 1 is 1.25 bits per heavy atom. The van der Waals surface area contributed by atoms with Crippen molar-refractivity contribution in [2.45, 2.75) is 26.3 Å². The predicted molar refractivity (Wildman–Crippen MR) is 86.0 cm³/mol. The third kappa shape index (κ3) is 3.46. The van der Waals surface area contributed by atoms with Crippen molar-refractivity contribution in [3.63, 3.8) is 0 Å². The molecule has 3 rings (SSSR count).